The first-order chi connectivity index (χ1) is 12.7. The average Bonchev–Trinajstić information content (AvgIpc) is 3.07. The van der Waals surface area contributed by atoms with Gasteiger partial charge >= 0.3 is 6.18 Å². The second-order valence-electron chi connectivity index (χ2n) is 7.17. The molecule has 1 aliphatic heterocycles. The van der Waals surface area contributed by atoms with Crippen molar-refractivity contribution in [3.8, 4) is 0 Å². The Hall–Kier alpha value is -2.50. The van der Waals surface area contributed by atoms with Gasteiger partial charge in [-0.2, -0.15) is 13.2 Å². The van der Waals surface area contributed by atoms with Gasteiger partial charge in [-0.25, -0.2) is 0 Å². The van der Waals surface area contributed by atoms with E-state index in [9.17, 15) is 18.0 Å². The lowest BCUT2D eigenvalue weighted by Crippen LogP contribution is -2.23. The van der Waals surface area contributed by atoms with Gasteiger partial charge in [-0.15, -0.1) is 0 Å². The van der Waals surface area contributed by atoms with Crippen LogP contribution in [0.3, 0.4) is 0 Å². The Labute approximate surface area is 157 Å². The number of carbonyl (C=O) groups is 1. The Morgan fingerprint density at radius 1 is 1.15 bits per heavy atom. The third-order valence-electron chi connectivity index (χ3n) is 5.24. The van der Waals surface area contributed by atoms with Crippen LogP contribution in [0.15, 0.2) is 36.4 Å². The number of halogens is 3. The number of hydrogen-bond donors (Lipinski definition) is 1. The van der Waals surface area contributed by atoms with Crippen molar-refractivity contribution in [1.29, 1.82) is 0 Å². The van der Waals surface area contributed by atoms with Crippen LogP contribution in [0.25, 0.3) is 0 Å². The number of rotatable bonds is 4. The van der Waals surface area contributed by atoms with E-state index < -0.39 is 11.7 Å². The number of hydrogen-bond acceptors (Lipinski definition) is 2. The minimum absolute atomic E-state index is 0.0491. The highest BCUT2D eigenvalue weighted by Gasteiger charge is 2.31. The predicted molar refractivity (Wildman–Crippen MR) is 99.6 cm³/mol. The maximum Gasteiger partial charge on any atom is 0.416 e. The number of nitrogens with zero attached hydrogens (tertiary/aromatic N) is 1. The van der Waals surface area contributed by atoms with Crippen LogP contribution in [0.1, 0.15) is 46.7 Å². The SMILES string of the molecule is Cc1cc(N2CCCC2c2ccc(C(F)(F)F)cc2)cc(C)c1CC(N)=O. The Kier molecular flexibility index (Phi) is 5.18. The molecule has 0 saturated carbocycles. The molecule has 3 rings (SSSR count). The van der Waals surface area contributed by atoms with E-state index in [1.54, 1.807) is 12.1 Å². The molecule has 1 aliphatic rings. The molecular formula is C21H23F3N2O. The second kappa shape index (κ2) is 7.25. The molecule has 2 aromatic rings. The predicted octanol–water partition coefficient (Wildman–Crippen LogP) is 4.69. The van der Waals surface area contributed by atoms with Gasteiger partial charge in [0, 0.05) is 12.2 Å². The van der Waals surface area contributed by atoms with E-state index in [2.05, 4.69) is 4.90 Å². The Balaban J connectivity index is 1.89. The quantitative estimate of drug-likeness (QED) is 0.841. The van der Waals surface area contributed by atoms with E-state index in [0.29, 0.717) is 0 Å². The van der Waals surface area contributed by atoms with E-state index >= 15 is 0 Å². The molecule has 27 heavy (non-hydrogen) atoms. The van der Waals surface area contributed by atoms with E-state index in [4.69, 9.17) is 5.73 Å². The Morgan fingerprint density at radius 3 is 2.26 bits per heavy atom. The minimum Gasteiger partial charge on any atom is -0.369 e. The molecule has 0 bridgehead atoms. The number of carbonyl (C=O) groups excluding carboxylic acids is 1. The van der Waals surface area contributed by atoms with Gasteiger partial charge < -0.3 is 10.6 Å². The lowest BCUT2D eigenvalue weighted by Gasteiger charge is -2.29. The fraction of sp³-hybridized carbons (Fsp3) is 0.381. The molecule has 1 saturated heterocycles. The molecule has 1 atom stereocenters. The summed E-state index contributed by atoms with van der Waals surface area (Å²) in [6.07, 6.45) is -2.24. The van der Waals surface area contributed by atoms with Gasteiger partial charge in [0.1, 0.15) is 0 Å². The zero-order valence-electron chi connectivity index (χ0n) is 15.4. The summed E-state index contributed by atoms with van der Waals surface area (Å²) in [7, 11) is 0. The van der Waals surface area contributed by atoms with Crippen LogP contribution in [-0.4, -0.2) is 12.5 Å². The van der Waals surface area contributed by atoms with Gasteiger partial charge in [-0.05, 0) is 73.2 Å². The number of alkyl halides is 3. The first-order valence-corrected chi connectivity index (χ1v) is 8.99. The molecule has 1 fully saturated rings. The van der Waals surface area contributed by atoms with Crippen molar-refractivity contribution >= 4 is 11.6 Å². The maximum atomic E-state index is 12.8. The smallest absolute Gasteiger partial charge is 0.369 e. The van der Waals surface area contributed by atoms with Crippen LogP contribution < -0.4 is 10.6 Å². The molecule has 3 nitrogen and oxygen atoms in total. The number of primary amides is 1. The normalized spacial score (nSPS) is 17.4. The van der Waals surface area contributed by atoms with E-state index in [1.165, 1.54) is 0 Å². The number of anilines is 1. The van der Waals surface area contributed by atoms with Crippen molar-refractivity contribution < 1.29 is 18.0 Å². The van der Waals surface area contributed by atoms with Crippen molar-refractivity contribution in [2.75, 3.05) is 11.4 Å². The lowest BCUT2D eigenvalue weighted by atomic mass is 9.97. The molecule has 1 unspecified atom stereocenters. The van der Waals surface area contributed by atoms with Crippen molar-refractivity contribution in [2.45, 2.75) is 45.3 Å². The topological polar surface area (TPSA) is 46.3 Å². The molecule has 1 heterocycles. The first kappa shape index (κ1) is 19.3. The number of aryl methyl sites for hydroxylation is 2. The van der Waals surface area contributed by atoms with Crippen LogP contribution in [0.4, 0.5) is 18.9 Å². The van der Waals surface area contributed by atoms with E-state index in [0.717, 1.165) is 59.5 Å². The molecule has 6 heteroatoms. The summed E-state index contributed by atoms with van der Waals surface area (Å²) >= 11 is 0. The Morgan fingerprint density at radius 2 is 1.74 bits per heavy atom. The number of nitrogens with two attached hydrogens (primary N) is 1. The van der Waals surface area contributed by atoms with Crippen LogP contribution in [0, 0.1) is 13.8 Å². The van der Waals surface area contributed by atoms with Crippen LogP contribution in [0.2, 0.25) is 0 Å². The third-order valence-corrected chi connectivity index (χ3v) is 5.24. The zero-order chi connectivity index (χ0) is 19.8. The van der Waals surface area contributed by atoms with Crippen molar-refractivity contribution in [1.82, 2.24) is 0 Å². The highest BCUT2D eigenvalue weighted by atomic mass is 19.4. The van der Waals surface area contributed by atoms with Gasteiger partial charge in [-0.1, -0.05) is 12.1 Å². The molecule has 2 aromatic carbocycles. The average molecular weight is 376 g/mol. The summed E-state index contributed by atoms with van der Waals surface area (Å²) in [5.74, 6) is -0.363. The standard InChI is InChI=1S/C21H23F3N2O/c1-13-10-17(11-14(2)18(13)12-20(25)27)26-9-3-4-19(26)15-5-7-16(8-6-15)21(22,23)24/h5-8,10-11,19H,3-4,9,12H2,1-2H3,(H2,25,27). The largest absolute Gasteiger partial charge is 0.416 e. The first-order valence-electron chi connectivity index (χ1n) is 8.99. The molecule has 0 aliphatic carbocycles. The van der Waals surface area contributed by atoms with E-state index in [1.807, 2.05) is 26.0 Å². The molecule has 2 N–H and O–H groups in total. The van der Waals surface area contributed by atoms with Gasteiger partial charge in [0.2, 0.25) is 5.91 Å². The molecule has 0 radical (unpaired) electrons. The summed E-state index contributed by atoms with van der Waals surface area (Å²) in [5, 5.41) is 0. The van der Waals surface area contributed by atoms with Crippen LogP contribution in [-0.2, 0) is 17.4 Å². The van der Waals surface area contributed by atoms with Gasteiger partial charge in [0.05, 0.1) is 18.0 Å². The third kappa shape index (κ3) is 4.10. The molecular weight excluding hydrogens is 353 g/mol. The van der Waals surface area contributed by atoms with Crippen LogP contribution in [0.5, 0.6) is 0 Å². The van der Waals surface area contributed by atoms with Crippen molar-refractivity contribution in [2.24, 2.45) is 5.73 Å². The lowest BCUT2D eigenvalue weighted by molar-refractivity contribution is -0.137. The van der Waals surface area contributed by atoms with Gasteiger partial charge in [0.25, 0.3) is 0 Å². The summed E-state index contributed by atoms with van der Waals surface area (Å²) < 4.78 is 38.4. The highest BCUT2D eigenvalue weighted by molar-refractivity contribution is 5.78. The fourth-order valence-electron chi connectivity index (χ4n) is 3.91. The van der Waals surface area contributed by atoms with Gasteiger partial charge in [-0.3, -0.25) is 4.79 Å². The van der Waals surface area contributed by atoms with Crippen molar-refractivity contribution in [3.63, 3.8) is 0 Å². The highest BCUT2D eigenvalue weighted by Crippen LogP contribution is 2.38. The van der Waals surface area contributed by atoms with Gasteiger partial charge in [0.15, 0.2) is 0 Å². The summed E-state index contributed by atoms with van der Waals surface area (Å²) in [5.41, 5.74) is 9.57. The van der Waals surface area contributed by atoms with E-state index in [-0.39, 0.29) is 18.4 Å². The summed E-state index contributed by atoms with van der Waals surface area (Å²) in [6.45, 7) is 4.76. The minimum atomic E-state index is -4.32. The number of benzene rings is 2. The second-order valence-corrected chi connectivity index (χ2v) is 7.17. The molecule has 0 spiro atoms. The Bertz CT molecular complexity index is 820. The molecule has 1 amide bonds. The fourth-order valence-corrected chi connectivity index (χ4v) is 3.91. The molecule has 0 aromatic heterocycles. The number of amides is 1. The zero-order valence-corrected chi connectivity index (χ0v) is 15.4. The summed E-state index contributed by atoms with van der Waals surface area (Å²) in [6, 6.07) is 9.57. The monoisotopic (exact) mass is 376 g/mol. The maximum absolute atomic E-state index is 12.8. The molecule has 144 valence electrons. The van der Waals surface area contributed by atoms with Crippen molar-refractivity contribution in [3.05, 3.63) is 64.2 Å². The van der Waals surface area contributed by atoms with Crippen LogP contribution >= 0.6 is 0 Å². The summed E-state index contributed by atoms with van der Waals surface area (Å²) in [4.78, 5) is 13.5.